The zero-order chi connectivity index (χ0) is 23.5. The number of rotatable bonds is 4. The second-order valence-electron chi connectivity index (χ2n) is 5.40. The third kappa shape index (κ3) is 3.17. The maximum atomic E-state index is 13.5. The summed E-state index contributed by atoms with van der Waals surface area (Å²) in [5, 5.41) is 2.42. The molecule has 2 atom stereocenters. The number of nitrogens with one attached hydrogen (secondary N) is 1. The van der Waals surface area contributed by atoms with Crippen molar-refractivity contribution in [1.29, 1.82) is 0 Å². The maximum Gasteiger partial charge on any atom is 0.231 e. The number of benzene rings is 2. The van der Waals surface area contributed by atoms with E-state index in [1.807, 2.05) is 0 Å². The lowest BCUT2D eigenvalue weighted by molar-refractivity contribution is 0.173. The van der Waals surface area contributed by atoms with Crippen molar-refractivity contribution in [1.82, 2.24) is 5.32 Å². The molecular formula is C19H20FNO3. The summed E-state index contributed by atoms with van der Waals surface area (Å²) >= 11 is 0. The van der Waals surface area contributed by atoms with Gasteiger partial charge in [-0.3, -0.25) is 0 Å². The minimum absolute atomic E-state index is 0.0120. The number of piperidine rings is 1. The summed E-state index contributed by atoms with van der Waals surface area (Å²) in [5.74, 6) is -2.94. The smallest absolute Gasteiger partial charge is 0.231 e. The number of fused-ring (bicyclic) bond motifs is 1. The van der Waals surface area contributed by atoms with Crippen LogP contribution in [0.25, 0.3) is 0 Å². The molecule has 1 saturated heterocycles. The fraction of sp³-hybridized carbons (Fsp3) is 0.368. The number of hydrogen-bond acceptors (Lipinski definition) is 4. The van der Waals surface area contributed by atoms with Crippen molar-refractivity contribution in [2.45, 2.75) is 12.3 Å². The van der Waals surface area contributed by atoms with Gasteiger partial charge in [-0.05, 0) is 48.6 Å². The molecule has 126 valence electrons. The molecule has 24 heavy (non-hydrogen) atoms. The molecule has 1 N–H and O–H groups in total. The van der Waals surface area contributed by atoms with Crippen molar-refractivity contribution >= 4 is 0 Å². The molecule has 1 fully saturated rings. The van der Waals surface area contributed by atoms with Crippen LogP contribution in [0.3, 0.4) is 0 Å². The maximum absolute atomic E-state index is 13.5. The van der Waals surface area contributed by atoms with Gasteiger partial charge in [-0.1, -0.05) is 12.1 Å². The predicted octanol–water partition coefficient (Wildman–Crippen LogP) is 3.33. The van der Waals surface area contributed by atoms with Gasteiger partial charge in [0.1, 0.15) is 14.3 Å². The van der Waals surface area contributed by atoms with Gasteiger partial charge in [0, 0.05) is 24.0 Å². The van der Waals surface area contributed by atoms with E-state index in [1.165, 1.54) is 30.3 Å². The van der Waals surface area contributed by atoms with E-state index < -0.39 is 43.8 Å². The van der Waals surface area contributed by atoms with Crippen LogP contribution in [-0.4, -0.2) is 26.3 Å². The fourth-order valence-electron chi connectivity index (χ4n) is 2.57. The summed E-state index contributed by atoms with van der Waals surface area (Å²) in [4.78, 5) is 0. The van der Waals surface area contributed by atoms with Crippen molar-refractivity contribution in [3.63, 3.8) is 0 Å². The Morgan fingerprint density at radius 3 is 2.92 bits per heavy atom. The average Bonchev–Trinajstić information content (AvgIpc) is 2.97. The van der Waals surface area contributed by atoms with E-state index in [4.69, 9.17) is 25.2 Å². The second-order valence-corrected chi connectivity index (χ2v) is 5.40. The van der Waals surface area contributed by atoms with E-state index in [0.717, 1.165) is 12.1 Å². The molecule has 0 aliphatic carbocycles. The molecule has 1 unspecified atom stereocenters. The first-order valence-electron chi connectivity index (χ1n) is 11.4. The monoisotopic (exact) mass is 337 g/mol. The molecule has 0 bridgehead atoms. The van der Waals surface area contributed by atoms with Crippen LogP contribution in [-0.2, 0) is 0 Å². The summed E-state index contributed by atoms with van der Waals surface area (Å²) in [6.07, 6.45) is -2.56. The number of hydrogen-bond donors (Lipinski definition) is 1. The first-order chi connectivity index (χ1) is 14.7. The van der Waals surface area contributed by atoms with Crippen LogP contribution in [0.2, 0.25) is 0 Å². The van der Waals surface area contributed by atoms with E-state index in [9.17, 15) is 4.39 Å². The molecule has 2 aliphatic heterocycles. The molecule has 0 spiro atoms. The molecule has 0 radical (unpaired) electrons. The Morgan fingerprint density at radius 2 is 2.04 bits per heavy atom. The van der Waals surface area contributed by atoms with Crippen LogP contribution >= 0.6 is 0 Å². The molecule has 0 aromatic heterocycles. The standard InChI is InChI=1S/C19H20FNO3/c20-15-3-1-13(2-4-15)17-7-8-21-10-14(17)11-22-16-5-6-18-19(9-16)24-12-23-18/h1-6,9,14,17,21H,7-8,10-12H2/t14?,17-/m0/s1/i7D2,8D2,11D2,12D2. The van der Waals surface area contributed by atoms with Gasteiger partial charge in [0.15, 0.2) is 11.5 Å². The Bertz CT molecular complexity index is 1020. The highest BCUT2D eigenvalue weighted by molar-refractivity contribution is 5.46. The zero-order valence-electron chi connectivity index (χ0n) is 20.5. The van der Waals surface area contributed by atoms with Crippen molar-refractivity contribution < 1.29 is 29.6 Å². The van der Waals surface area contributed by atoms with Gasteiger partial charge in [0.25, 0.3) is 0 Å². The Balaban J connectivity index is 1.67. The van der Waals surface area contributed by atoms with Crippen LogP contribution in [0.4, 0.5) is 4.39 Å². The quantitative estimate of drug-likeness (QED) is 0.929. The molecule has 4 rings (SSSR count). The highest BCUT2D eigenvalue weighted by Gasteiger charge is 2.27. The van der Waals surface area contributed by atoms with Crippen LogP contribution in [0.15, 0.2) is 42.5 Å². The number of halogens is 1. The van der Waals surface area contributed by atoms with Crippen LogP contribution in [0.1, 0.15) is 28.8 Å². The number of ether oxygens (including phenoxy) is 3. The van der Waals surface area contributed by atoms with Crippen LogP contribution < -0.4 is 19.5 Å². The average molecular weight is 337 g/mol. The molecule has 2 aliphatic rings. The van der Waals surface area contributed by atoms with E-state index in [1.54, 1.807) is 0 Å². The zero-order valence-corrected chi connectivity index (χ0v) is 12.5. The molecule has 2 aromatic carbocycles. The third-order valence-corrected chi connectivity index (χ3v) is 3.82. The molecule has 2 aromatic rings. The lowest BCUT2D eigenvalue weighted by Gasteiger charge is -2.32. The topological polar surface area (TPSA) is 39.7 Å². The van der Waals surface area contributed by atoms with E-state index in [2.05, 4.69) is 5.32 Å². The van der Waals surface area contributed by atoms with E-state index >= 15 is 0 Å². The Morgan fingerprint density at radius 1 is 1.21 bits per heavy atom. The fourth-order valence-corrected chi connectivity index (χ4v) is 2.57. The molecule has 5 heteroatoms. The van der Waals surface area contributed by atoms with Gasteiger partial charge >= 0.3 is 0 Å². The minimum Gasteiger partial charge on any atom is -0.493 e. The highest BCUT2D eigenvalue weighted by atomic mass is 19.1. The molecular weight excluding hydrogens is 309 g/mol. The summed E-state index contributed by atoms with van der Waals surface area (Å²) in [6, 6.07) is 8.83. The molecule has 2 heterocycles. The molecule has 0 amide bonds. The summed E-state index contributed by atoms with van der Waals surface area (Å²) in [5.41, 5.74) is 0.234. The SMILES string of the molecule is [2H]C1([2H])Oc2ccc(OC([2H])([2H])C3CNC([2H])([2H])C([2H])([2H])[C@H]3c3ccc(F)cc3)cc2O1. The van der Waals surface area contributed by atoms with Gasteiger partial charge in [-0.2, -0.15) is 0 Å². The largest absolute Gasteiger partial charge is 0.493 e. The summed E-state index contributed by atoms with van der Waals surface area (Å²) in [6.45, 7) is -7.58. The lowest BCUT2D eigenvalue weighted by atomic mass is 9.81. The van der Waals surface area contributed by atoms with Crippen molar-refractivity contribution in [2.24, 2.45) is 5.92 Å². The summed E-state index contributed by atoms with van der Waals surface area (Å²) in [7, 11) is 0. The van der Waals surface area contributed by atoms with E-state index in [0.29, 0.717) is 0 Å². The normalized spacial score (nSPS) is 34.2. The van der Waals surface area contributed by atoms with Gasteiger partial charge in [-0.15, -0.1) is 0 Å². The Labute approximate surface area is 151 Å². The van der Waals surface area contributed by atoms with Crippen molar-refractivity contribution in [3.05, 3.63) is 53.8 Å². The Kier molecular flexibility index (Phi) is 2.43. The van der Waals surface area contributed by atoms with Gasteiger partial charge in [0.05, 0.1) is 9.30 Å². The van der Waals surface area contributed by atoms with Crippen molar-refractivity contribution in [3.8, 4) is 17.2 Å². The lowest BCUT2D eigenvalue weighted by Crippen LogP contribution is -2.38. The predicted molar refractivity (Wildman–Crippen MR) is 88.2 cm³/mol. The molecule has 4 nitrogen and oxygen atoms in total. The van der Waals surface area contributed by atoms with E-state index in [-0.39, 0.29) is 29.4 Å². The third-order valence-electron chi connectivity index (χ3n) is 3.82. The van der Waals surface area contributed by atoms with Crippen molar-refractivity contribution in [2.75, 3.05) is 26.3 Å². The first kappa shape index (κ1) is 8.72. The van der Waals surface area contributed by atoms with Crippen LogP contribution in [0.5, 0.6) is 17.2 Å². The minimum atomic E-state index is -2.56. The second kappa shape index (κ2) is 6.69. The van der Waals surface area contributed by atoms with Gasteiger partial charge < -0.3 is 19.5 Å². The highest BCUT2D eigenvalue weighted by Crippen LogP contribution is 2.36. The Hall–Kier alpha value is -2.27. The van der Waals surface area contributed by atoms with Gasteiger partial charge in [0.2, 0.25) is 6.75 Å². The summed E-state index contributed by atoms with van der Waals surface area (Å²) < 4.78 is 94.1. The molecule has 0 saturated carbocycles. The first-order valence-corrected chi connectivity index (χ1v) is 7.43. The van der Waals surface area contributed by atoms with Crippen LogP contribution in [0, 0.1) is 11.7 Å². The van der Waals surface area contributed by atoms with Gasteiger partial charge in [-0.25, -0.2) is 4.39 Å².